The van der Waals surface area contributed by atoms with Crippen molar-refractivity contribution in [3.63, 3.8) is 0 Å². The third-order valence-electron chi connectivity index (χ3n) is 2.99. The van der Waals surface area contributed by atoms with E-state index < -0.39 is 0 Å². The molecule has 0 aliphatic heterocycles. The summed E-state index contributed by atoms with van der Waals surface area (Å²) in [5.74, 6) is -0.0962. The van der Waals surface area contributed by atoms with Crippen LogP contribution in [0.5, 0.6) is 0 Å². The predicted molar refractivity (Wildman–Crippen MR) is 82.3 cm³/mol. The highest BCUT2D eigenvalue weighted by atomic mass is 79.9. The number of benzene rings is 1. The number of carbonyl (C=O) groups is 1. The zero-order valence-corrected chi connectivity index (χ0v) is 13.1. The first-order valence-electron chi connectivity index (χ1n) is 6.37. The molecule has 0 unspecified atom stereocenters. The van der Waals surface area contributed by atoms with E-state index in [-0.39, 0.29) is 5.91 Å². The highest BCUT2D eigenvalue weighted by Gasteiger charge is 2.14. The summed E-state index contributed by atoms with van der Waals surface area (Å²) in [5, 5.41) is 10.1. The Kier molecular flexibility index (Phi) is 4.92. The molecule has 0 fully saturated rings. The quantitative estimate of drug-likeness (QED) is 0.820. The number of hydrogen-bond acceptors (Lipinski definition) is 3. The van der Waals surface area contributed by atoms with Gasteiger partial charge in [0.05, 0.1) is 23.1 Å². The number of nitrogens with one attached hydrogen (secondary N) is 2. The number of amides is 1. The molecular formula is C14H17BrN4O. The predicted octanol–water partition coefficient (Wildman–Crippen LogP) is 1.89. The molecule has 0 radical (unpaired) electrons. The number of carbonyl (C=O) groups excluding carboxylic acids is 1. The lowest BCUT2D eigenvalue weighted by Crippen LogP contribution is -2.30. The van der Waals surface area contributed by atoms with Gasteiger partial charge in [0.2, 0.25) is 0 Å². The molecule has 0 saturated carbocycles. The smallest absolute Gasteiger partial charge is 0.254 e. The molecule has 1 heterocycles. The molecule has 1 aromatic heterocycles. The van der Waals surface area contributed by atoms with Crippen LogP contribution in [-0.2, 0) is 0 Å². The summed E-state index contributed by atoms with van der Waals surface area (Å²) in [4.78, 5) is 12.0. The van der Waals surface area contributed by atoms with E-state index in [9.17, 15) is 4.79 Å². The summed E-state index contributed by atoms with van der Waals surface area (Å²) in [6, 6.07) is 7.80. The second-order valence-electron chi connectivity index (χ2n) is 4.39. The van der Waals surface area contributed by atoms with Crippen molar-refractivity contribution >= 4 is 21.8 Å². The van der Waals surface area contributed by atoms with E-state index in [1.54, 1.807) is 10.9 Å². The maximum atomic E-state index is 12.0. The van der Waals surface area contributed by atoms with Gasteiger partial charge in [-0.25, -0.2) is 4.68 Å². The first-order chi connectivity index (χ1) is 9.63. The van der Waals surface area contributed by atoms with Crippen LogP contribution in [0, 0.1) is 6.92 Å². The molecule has 2 N–H and O–H groups in total. The highest BCUT2D eigenvalue weighted by Crippen LogP contribution is 2.17. The fourth-order valence-corrected chi connectivity index (χ4v) is 2.14. The average Bonchev–Trinajstić information content (AvgIpc) is 2.82. The Labute approximate surface area is 126 Å². The Morgan fingerprint density at radius 3 is 2.65 bits per heavy atom. The van der Waals surface area contributed by atoms with Crippen molar-refractivity contribution in [1.29, 1.82) is 0 Å². The van der Waals surface area contributed by atoms with Crippen LogP contribution in [0.1, 0.15) is 16.1 Å². The van der Waals surface area contributed by atoms with Crippen LogP contribution >= 0.6 is 15.9 Å². The summed E-state index contributed by atoms with van der Waals surface area (Å²) in [7, 11) is 1.85. The molecule has 0 aliphatic rings. The summed E-state index contributed by atoms with van der Waals surface area (Å²) >= 11 is 3.40. The Balaban J connectivity index is 2.18. The SMILES string of the molecule is CNCCNC(=O)c1cnn(-c2ccc(Br)cc2)c1C. The van der Waals surface area contributed by atoms with Gasteiger partial charge in [0.1, 0.15) is 0 Å². The van der Waals surface area contributed by atoms with Gasteiger partial charge in [-0.15, -0.1) is 0 Å². The van der Waals surface area contributed by atoms with Gasteiger partial charge >= 0.3 is 0 Å². The van der Waals surface area contributed by atoms with Crippen molar-refractivity contribution in [1.82, 2.24) is 20.4 Å². The number of nitrogens with zero attached hydrogens (tertiary/aromatic N) is 2. The number of rotatable bonds is 5. The average molecular weight is 337 g/mol. The van der Waals surface area contributed by atoms with Crippen molar-refractivity contribution < 1.29 is 4.79 Å². The molecule has 2 aromatic rings. The van der Waals surface area contributed by atoms with E-state index in [0.717, 1.165) is 22.4 Å². The van der Waals surface area contributed by atoms with Crippen LogP contribution in [0.25, 0.3) is 5.69 Å². The van der Waals surface area contributed by atoms with E-state index >= 15 is 0 Å². The first-order valence-corrected chi connectivity index (χ1v) is 7.16. The minimum absolute atomic E-state index is 0.0962. The van der Waals surface area contributed by atoms with Gasteiger partial charge in [0.15, 0.2) is 0 Å². The largest absolute Gasteiger partial charge is 0.351 e. The van der Waals surface area contributed by atoms with Gasteiger partial charge in [-0.3, -0.25) is 4.79 Å². The van der Waals surface area contributed by atoms with Crippen molar-refractivity contribution in [2.24, 2.45) is 0 Å². The molecule has 1 aromatic carbocycles. The Bertz CT molecular complexity index is 592. The standard InChI is InChI=1S/C14H17BrN4O/c1-10-13(14(20)17-8-7-16-2)9-18-19(10)12-5-3-11(15)4-6-12/h3-6,9,16H,7-8H2,1-2H3,(H,17,20). The highest BCUT2D eigenvalue weighted by molar-refractivity contribution is 9.10. The van der Waals surface area contributed by atoms with E-state index in [2.05, 4.69) is 31.7 Å². The third-order valence-corrected chi connectivity index (χ3v) is 3.51. The molecule has 2 rings (SSSR count). The maximum Gasteiger partial charge on any atom is 0.254 e. The molecule has 5 nitrogen and oxygen atoms in total. The molecule has 106 valence electrons. The maximum absolute atomic E-state index is 12.0. The number of aromatic nitrogens is 2. The van der Waals surface area contributed by atoms with Crippen molar-refractivity contribution in [2.75, 3.05) is 20.1 Å². The lowest BCUT2D eigenvalue weighted by molar-refractivity contribution is 0.0953. The lowest BCUT2D eigenvalue weighted by Gasteiger charge is -2.06. The molecule has 20 heavy (non-hydrogen) atoms. The van der Waals surface area contributed by atoms with Gasteiger partial charge in [-0.05, 0) is 38.2 Å². The molecule has 0 bridgehead atoms. The fraction of sp³-hybridized carbons (Fsp3) is 0.286. The van der Waals surface area contributed by atoms with Crippen molar-refractivity contribution in [2.45, 2.75) is 6.92 Å². The monoisotopic (exact) mass is 336 g/mol. The second kappa shape index (κ2) is 6.67. The number of halogens is 1. The minimum atomic E-state index is -0.0962. The Morgan fingerprint density at radius 2 is 2.00 bits per heavy atom. The van der Waals surface area contributed by atoms with Crippen molar-refractivity contribution in [3.05, 3.63) is 46.2 Å². The molecule has 0 saturated heterocycles. The molecule has 6 heteroatoms. The molecular weight excluding hydrogens is 320 g/mol. The molecule has 0 atom stereocenters. The first kappa shape index (κ1) is 14.7. The second-order valence-corrected chi connectivity index (χ2v) is 5.31. The topological polar surface area (TPSA) is 58.9 Å². The zero-order chi connectivity index (χ0) is 14.5. The van der Waals surface area contributed by atoms with Gasteiger partial charge in [0, 0.05) is 17.6 Å². The minimum Gasteiger partial charge on any atom is -0.351 e. The molecule has 0 spiro atoms. The summed E-state index contributed by atoms with van der Waals surface area (Å²) in [6.07, 6.45) is 1.60. The summed E-state index contributed by atoms with van der Waals surface area (Å²) < 4.78 is 2.77. The van der Waals surface area contributed by atoms with Gasteiger partial charge in [-0.2, -0.15) is 5.10 Å². The lowest BCUT2D eigenvalue weighted by atomic mass is 10.2. The summed E-state index contributed by atoms with van der Waals surface area (Å²) in [5.41, 5.74) is 2.36. The molecule has 1 amide bonds. The van der Waals surface area contributed by atoms with Gasteiger partial charge in [0.25, 0.3) is 5.91 Å². The van der Waals surface area contributed by atoms with Crippen LogP contribution in [-0.4, -0.2) is 35.8 Å². The summed E-state index contributed by atoms with van der Waals surface area (Å²) in [6.45, 7) is 3.23. The number of hydrogen-bond donors (Lipinski definition) is 2. The van der Waals surface area contributed by atoms with Crippen LogP contribution in [0.4, 0.5) is 0 Å². The third kappa shape index (κ3) is 3.26. The van der Waals surface area contributed by atoms with Crippen LogP contribution in [0.3, 0.4) is 0 Å². The fourth-order valence-electron chi connectivity index (χ4n) is 1.87. The Morgan fingerprint density at radius 1 is 1.30 bits per heavy atom. The zero-order valence-electron chi connectivity index (χ0n) is 11.5. The van der Waals surface area contributed by atoms with Crippen LogP contribution in [0.2, 0.25) is 0 Å². The van der Waals surface area contributed by atoms with Crippen molar-refractivity contribution in [3.8, 4) is 5.69 Å². The van der Waals surface area contributed by atoms with E-state index in [1.165, 1.54) is 0 Å². The van der Waals surface area contributed by atoms with E-state index in [4.69, 9.17) is 0 Å². The normalized spacial score (nSPS) is 10.6. The number of likely N-dealkylation sites (N-methyl/N-ethyl adjacent to an activating group) is 1. The molecule has 0 aliphatic carbocycles. The van der Waals surface area contributed by atoms with E-state index in [1.807, 2.05) is 38.2 Å². The Hall–Kier alpha value is -1.66. The van der Waals surface area contributed by atoms with Crippen LogP contribution in [0.15, 0.2) is 34.9 Å². The van der Waals surface area contributed by atoms with E-state index in [0.29, 0.717) is 12.1 Å². The van der Waals surface area contributed by atoms with Crippen LogP contribution < -0.4 is 10.6 Å². The van der Waals surface area contributed by atoms with Gasteiger partial charge < -0.3 is 10.6 Å². The van der Waals surface area contributed by atoms with Gasteiger partial charge in [-0.1, -0.05) is 15.9 Å².